The highest BCUT2D eigenvalue weighted by Gasteiger charge is 2.37. The molecule has 1 aromatic rings. The molecule has 1 saturated heterocycles. The Kier molecular flexibility index (Phi) is 3.83. The van der Waals surface area contributed by atoms with Gasteiger partial charge in [-0.3, -0.25) is 4.79 Å². The van der Waals surface area contributed by atoms with Crippen LogP contribution < -0.4 is 10.6 Å². The lowest BCUT2D eigenvalue weighted by Gasteiger charge is -2.45. The number of carbonyl (C=O) groups excluding carboxylic acids is 1. The molecule has 2 fully saturated rings. The molecule has 3 rings (SSSR count). The molecule has 1 aliphatic heterocycles. The third kappa shape index (κ3) is 2.75. The summed E-state index contributed by atoms with van der Waals surface area (Å²) >= 11 is 2.13. The summed E-state index contributed by atoms with van der Waals surface area (Å²) in [7, 11) is 0. The minimum Gasteiger partial charge on any atom is -0.364 e. The minimum absolute atomic E-state index is 0.229. The highest BCUT2D eigenvalue weighted by atomic mass is 32.2. The molecule has 0 unspecified atom stereocenters. The van der Waals surface area contributed by atoms with Crippen molar-refractivity contribution in [2.75, 3.05) is 23.7 Å². The third-order valence-electron chi connectivity index (χ3n) is 4.24. The van der Waals surface area contributed by atoms with Crippen molar-refractivity contribution in [2.24, 2.45) is 5.73 Å². The van der Waals surface area contributed by atoms with Gasteiger partial charge in [0.2, 0.25) is 0 Å². The van der Waals surface area contributed by atoms with Gasteiger partial charge in [0.05, 0.1) is 0 Å². The number of aromatic nitrogens is 2. The second-order valence-corrected chi connectivity index (χ2v) is 7.22. The molecule has 1 aliphatic carbocycles. The molecule has 2 N–H and O–H groups in total. The van der Waals surface area contributed by atoms with E-state index in [0.717, 1.165) is 24.7 Å². The zero-order valence-corrected chi connectivity index (χ0v) is 12.4. The van der Waals surface area contributed by atoms with Gasteiger partial charge < -0.3 is 10.6 Å². The normalized spacial score (nSPS) is 21.9. The van der Waals surface area contributed by atoms with Crippen LogP contribution in [-0.2, 0) is 0 Å². The summed E-state index contributed by atoms with van der Waals surface area (Å²) in [6.07, 6.45) is 6.66. The Balaban J connectivity index is 1.74. The first-order chi connectivity index (χ1) is 9.69. The number of nitrogens with zero attached hydrogens (tertiary/aromatic N) is 3. The van der Waals surface area contributed by atoms with Gasteiger partial charge in [0.25, 0.3) is 5.91 Å². The summed E-state index contributed by atoms with van der Waals surface area (Å²) in [5, 5.41) is 8.08. The first kappa shape index (κ1) is 13.7. The summed E-state index contributed by atoms with van der Waals surface area (Å²) < 4.78 is 0.403. The Morgan fingerprint density at radius 2 is 2.05 bits per heavy atom. The quantitative estimate of drug-likeness (QED) is 0.900. The van der Waals surface area contributed by atoms with Gasteiger partial charge in [0.15, 0.2) is 11.5 Å². The SMILES string of the molecule is NC(=O)c1ccc(N2CCSC3(CCCCC3)C2)nn1. The number of anilines is 1. The van der Waals surface area contributed by atoms with Crippen molar-refractivity contribution in [1.82, 2.24) is 10.2 Å². The largest absolute Gasteiger partial charge is 0.364 e. The molecule has 0 bridgehead atoms. The lowest BCUT2D eigenvalue weighted by atomic mass is 9.87. The van der Waals surface area contributed by atoms with E-state index in [9.17, 15) is 4.79 Å². The molecule has 5 nitrogen and oxygen atoms in total. The van der Waals surface area contributed by atoms with Gasteiger partial charge in [0.1, 0.15) is 0 Å². The van der Waals surface area contributed by atoms with Crippen LogP contribution in [0.2, 0.25) is 0 Å². The fourth-order valence-corrected chi connectivity index (χ4v) is 4.73. The van der Waals surface area contributed by atoms with Crippen LogP contribution in [-0.4, -0.2) is 39.7 Å². The molecule has 0 radical (unpaired) electrons. The second kappa shape index (κ2) is 5.60. The number of hydrogen-bond donors (Lipinski definition) is 1. The summed E-state index contributed by atoms with van der Waals surface area (Å²) in [5.74, 6) is 1.47. The van der Waals surface area contributed by atoms with E-state index in [4.69, 9.17) is 5.73 Å². The van der Waals surface area contributed by atoms with Crippen LogP contribution in [0.5, 0.6) is 0 Å². The van der Waals surface area contributed by atoms with E-state index in [2.05, 4.69) is 26.9 Å². The van der Waals surface area contributed by atoms with Crippen molar-refractivity contribution < 1.29 is 4.79 Å². The predicted octanol–water partition coefficient (Wildman–Crippen LogP) is 1.83. The third-order valence-corrected chi connectivity index (χ3v) is 5.78. The predicted molar refractivity (Wildman–Crippen MR) is 81.0 cm³/mol. The van der Waals surface area contributed by atoms with Crippen LogP contribution >= 0.6 is 11.8 Å². The van der Waals surface area contributed by atoms with Crippen LogP contribution in [0, 0.1) is 0 Å². The molecule has 1 amide bonds. The number of carbonyl (C=O) groups is 1. The number of nitrogens with two attached hydrogens (primary N) is 1. The van der Waals surface area contributed by atoms with E-state index in [1.165, 1.54) is 32.1 Å². The average Bonchev–Trinajstić information content (AvgIpc) is 2.48. The Bertz CT molecular complexity index is 479. The molecule has 20 heavy (non-hydrogen) atoms. The first-order valence-corrected chi connectivity index (χ1v) is 8.20. The molecule has 6 heteroatoms. The Morgan fingerprint density at radius 3 is 2.70 bits per heavy atom. The molecule has 0 aromatic carbocycles. The molecule has 1 spiro atoms. The maximum Gasteiger partial charge on any atom is 0.269 e. The zero-order chi connectivity index (χ0) is 14.0. The molecule has 1 aromatic heterocycles. The van der Waals surface area contributed by atoms with E-state index in [1.54, 1.807) is 6.07 Å². The van der Waals surface area contributed by atoms with Crippen LogP contribution in [0.25, 0.3) is 0 Å². The lowest BCUT2D eigenvalue weighted by Crippen LogP contribution is -2.48. The maximum atomic E-state index is 11.0. The van der Waals surface area contributed by atoms with Gasteiger partial charge in [0, 0.05) is 23.6 Å². The number of hydrogen-bond acceptors (Lipinski definition) is 5. The second-order valence-electron chi connectivity index (χ2n) is 5.65. The number of primary amides is 1. The molecule has 1 saturated carbocycles. The standard InChI is InChI=1S/C14H20N4OS/c15-13(19)11-4-5-12(17-16-11)18-8-9-20-14(10-18)6-2-1-3-7-14/h4-5H,1-3,6-10H2,(H2,15,19). The molecular weight excluding hydrogens is 272 g/mol. The van der Waals surface area contributed by atoms with Crippen molar-refractivity contribution >= 4 is 23.5 Å². The number of thioether (sulfide) groups is 1. The highest BCUT2D eigenvalue weighted by Crippen LogP contribution is 2.43. The summed E-state index contributed by atoms with van der Waals surface area (Å²) in [6.45, 7) is 2.04. The van der Waals surface area contributed by atoms with E-state index >= 15 is 0 Å². The average molecular weight is 292 g/mol. The smallest absolute Gasteiger partial charge is 0.269 e. The first-order valence-electron chi connectivity index (χ1n) is 7.21. The van der Waals surface area contributed by atoms with Gasteiger partial charge >= 0.3 is 0 Å². The van der Waals surface area contributed by atoms with Crippen LogP contribution in [0.15, 0.2) is 12.1 Å². The summed E-state index contributed by atoms with van der Waals surface area (Å²) in [4.78, 5) is 13.3. The molecule has 108 valence electrons. The van der Waals surface area contributed by atoms with Crippen molar-refractivity contribution in [2.45, 2.75) is 36.9 Å². The van der Waals surface area contributed by atoms with E-state index in [-0.39, 0.29) is 5.69 Å². The topological polar surface area (TPSA) is 72.1 Å². The maximum absolute atomic E-state index is 11.0. The van der Waals surface area contributed by atoms with Gasteiger partial charge in [-0.1, -0.05) is 19.3 Å². The minimum atomic E-state index is -0.526. The van der Waals surface area contributed by atoms with Gasteiger partial charge in [-0.2, -0.15) is 11.8 Å². The fraction of sp³-hybridized carbons (Fsp3) is 0.643. The molecule has 2 heterocycles. The Morgan fingerprint density at radius 1 is 1.25 bits per heavy atom. The van der Waals surface area contributed by atoms with Crippen molar-refractivity contribution in [1.29, 1.82) is 0 Å². The Hall–Kier alpha value is -1.30. The highest BCUT2D eigenvalue weighted by molar-refractivity contribution is 8.00. The molecule has 0 atom stereocenters. The van der Waals surface area contributed by atoms with Crippen molar-refractivity contribution in [3.8, 4) is 0 Å². The van der Waals surface area contributed by atoms with Gasteiger partial charge in [-0.25, -0.2) is 0 Å². The van der Waals surface area contributed by atoms with Gasteiger partial charge in [-0.15, -0.1) is 10.2 Å². The lowest BCUT2D eigenvalue weighted by molar-refractivity contribution is 0.0994. The van der Waals surface area contributed by atoms with E-state index in [0.29, 0.717) is 4.75 Å². The van der Waals surface area contributed by atoms with Crippen LogP contribution in [0.4, 0.5) is 5.82 Å². The van der Waals surface area contributed by atoms with Gasteiger partial charge in [-0.05, 0) is 25.0 Å². The van der Waals surface area contributed by atoms with Crippen molar-refractivity contribution in [3.63, 3.8) is 0 Å². The molecular formula is C14H20N4OS. The van der Waals surface area contributed by atoms with Crippen LogP contribution in [0.3, 0.4) is 0 Å². The van der Waals surface area contributed by atoms with Crippen molar-refractivity contribution in [3.05, 3.63) is 17.8 Å². The monoisotopic (exact) mass is 292 g/mol. The number of rotatable bonds is 2. The Labute approximate surface area is 123 Å². The van der Waals surface area contributed by atoms with E-state index in [1.807, 2.05) is 6.07 Å². The fourth-order valence-electron chi connectivity index (χ4n) is 3.16. The van der Waals surface area contributed by atoms with E-state index < -0.39 is 5.91 Å². The van der Waals surface area contributed by atoms with Crippen LogP contribution in [0.1, 0.15) is 42.6 Å². The summed E-state index contributed by atoms with van der Waals surface area (Å²) in [6, 6.07) is 3.53. The zero-order valence-electron chi connectivity index (χ0n) is 11.5. The summed E-state index contributed by atoms with van der Waals surface area (Å²) in [5.41, 5.74) is 5.42. The number of amides is 1. The molecule has 2 aliphatic rings.